The first-order valence-corrected chi connectivity index (χ1v) is 4.27. The molecule has 2 atom stereocenters. The molecule has 2 unspecified atom stereocenters. The highest BCUT2D eigenvalue weighted by molar-refractivity contribution is 5.78. The van der Waals surface area contributed by atoms with Crippen LogP contribution in [0.5, 0.6) is 0 Å². The van der Waals surface area contributed by atoms with E-state index in [0.717, 1.165) is 12.8 Å². The molecule has 2 aliphatic rings. The lowest BCUT2D eigenvalue weighted by Crippen LogP contribution is -2.38. The minimum absolute atomic E-state index is 0.0186. The Kier molecular flexibility index (Phi) is 1.77. The third kappa shape index (κ3) is 1.08. The number of nitrogens with one attached hydrogen (secondary N) is 1. The normalized spacial score (nSPS) is 33.5. The molecular weight excluding hydrogens is 154 g/mol. The second kappa shape index (κ2) is 2.79. The number of rotatable bonds is 1. The van der Waals surface area contributed by atoms with Gasteiger partial charge in [0.1, 0.15) is 0 Å². The molecule has 4 heteroatoms. The van der Waals surface area contributed by atoms with E-state index >= 15 is 0 Å². The van der Waals surface area contributed by atoms with Crippen molar-refractivity contribution in [3.05, 3.63) is 12.3 Å². The van der Waals surface area contributed by atoms with Gasteiger partial charge in [-0.3, -0.25) is 4.79 Å². The highest BCUT2D eigenvalue weighted by Crippen LogP contribution is 2.24. The summed E-state index contributed by atoms with van der Waals surface area (Å²) < 4.78 is 0. The predicted octanol–water partition coefficient (Wildman–Crippen LogP) is -0.416. The number of amides is 1. The van der Waals surface area contributed by atoms with Gasteiger partial charge in [-0.25, -0.2) is 5.43 Å². The van der Waals surface area contributed by atoms with Crippen LogP contribution >= 0.6 is 0 Å². The molecule has 3 N–H and O–H groups in total. The molecule has 0 radical (unpaired) electrons. The van der Waals surface area contributed by atoms with Crippen LogP contribution in [0.3, 0.4) is 0 Å². The van der Waals surface area contributed by atoms with Crippen molar-refractivity contribution in [3.63, 3.8) is 0 Å². The first-order valence-electron chi connectivity index (χ1n) is 4.27. The smallest absolute Gasteiger partial charge is 0.224 e. The van der Waals surface area contributed by atoms with Gasteiger partial charge in [0.2, 0.25) is 5.91 Å². The SMILES string of the molecule is NC(=O)C1CNN2C=CCCC12. The fourth-order valence-electron chi connectivity index (χ4n) is 1.90. The molecule has 1 amide bonds. The maximum absolute atomic E-state index is 11.0. The van der Waals surface area contributed by atoms with Gasteiger partial charge in [-0.15, -0.1) is 0 Å². The molecular formula is C8H13N3O. The zero-order valence-corrected chi connectivity index (χ0v) is 6.86. The van der Waals surface area contributed by atoms with Crippen molar-refractivity contribution in [1.82, 2.24) is 10.4 Å². The molecule has 2 rings (SSSR count). The Balaban J connectivity index is 2.13. The maximum atomic E-state index is 11.0. The van der Waals surface area contributed by atoms with E-state index in [-0.39, 0.29) is 17.9 Å². The number of primary amides is 1. The lowest BCUT2D eigenvalue weighted by molar-refractivity contribution is -0.122. The molecule has 1 fully saturated rings. The molecule has 0 bridgehead atoms. The average Bonchev–Trinajstić information content (AvgIpc) is 2.47. The molecule has 4 nitrogen and oxygen atoms in total. The van der Waals surface area contributed by atoms with Crippen molar-refractivity contribution < 1.29 is 4.79 Å². The van der Waals surface area contributed by atoms with Gasteiger partial charge >= 0.3 is 0 Å². The van der Waals surface area contributed by atoms with Gasteiger partial charge in [0.15, 0.2) is 0 Å². The monoisotopic (exact) mass is 167 g/mol. The molecule has 66 valence electrons. The average molecular weight is 167 g/mol. The second-order valence-electron chi connectivity index (χ2n) is 3.31. The van der Waals surface area contributed by atoms with Gasteiger partial charge in [0.25, 0.3) is 0 Å². The van der Waals surface area contributed by atoms with Crippen LogP contribution in [0.25, 0.3) is 0 Å². The summed E-state index contributed by atoms with van der Waals surface area (Å²) in [5.74, 6) is -0.208. The van der Waals surface area contributed by atoms with Crippen LogP contribution in [0.2, 0.25) is 0 Å². The lowest BCUT2D eigenvalue weighted by Gasteiger charge is -2.27. The number of carbonyl (C=O) groups excluding carboxylic acids is 1. The van der Waals surface area contributed by atoms with Crippen LogP contribution in [0, 0.1) is 5.92 Å². The highest BCUT2D eigenvalue weighted by Gasteiger charge is 2.36. The standard InChI is InChI=1S/C8H13N3O/c9-8(12)6-5-10-11-4-2-1-3-7(6)11/h2,4,6-7,10H,1,3,5H2,(H2,9,12). The van der Waals surface area contributed by atoms with E-state index < -0.39 is 0 Å². The number of hydrogen-bond donors (Lipinski definition) is 2. The van der Waals surface area contributed by atoms with Gasteiger partial charge in [-0.05, 0) is 12.8 Å². The van der Waals surface area contributed by atoms with Crippen LogP contribution in [-0.2, 0) is 4.79 Å². The Labute approximate surface area is 71.4 Å². The molecule has 0 aromatic rings. The molecule has 0 saturated carbocycles. The number of carbonyl (C=O) groups is 1. The van der Waals surface area contributed by atoms with Crippen LogP contribution in [0.1, 0.15) is 12.8 Å². The van der Waals surface area contributed by atoms with Crippen molar-refractivity contribution in [1.29, 1.82) is 0 Å². The van der Waals surface area contributed by atoms with Crippen LogP contribution in [0.15, 0.2) is 12.3 Å². The second-order valence-corrected chi connectivity index (χ2v) is 3.31. The first-order chi connectivity index (χ1) is 5.79. The summed E-state index contributed by atoms with van der Waals surface area (Å²) in [6.45, 7) is 0.685. The summed E-state index contributed by atoms with van der Waals surface area (Å²) in [5.41, 5.74) is 8.41. The van der Waals surface area contributed by atoms with E-state index in [9.17, 15) is 4.79 Å². The number of fused-ring (bicyclic) bond motifs is 1. The molecule has 12 heavy (non-hydrogen) atoms. The van der Waals surface area contributed by atoms with Gasteiger partial charge < -0.3 is 10.7 Å². The zero-order chi connectivity index (χ0) is 8.55. The van der Waals surface area contributed by atoms with Crippen molar-refractivity contribution in [2.75, 3.05) is 6.54 Å². The maximum Gasteiger partial charge on any atom is 0.224 e. The van der Waals surface area contributed by atoms with Gasteiger partial charge in [0.05, 0.1) is 12.0 Å². The van der Waals surface area contributed by atoms with Crippen molar-refractivity contribution in [2.24, 2.45) is 11.7 Å². The van der Waals surface area contributed by atoms with E-state index in [2.05, 4.69) is 11.5 Å². The van der Waals surface area contributed by atoms with Crippen LogP contribution < -0.4 is 11.2 Å². The molecule has 2 heterocycles. The fraction of sp³-hybridized carbons (Fsp3) is 0.625. The summed E-state index contributed by atoms with van der Waals surface area (Å²) in [6, 6.07) is 0.285. The molecule has 0 spiro atoms. The predicted molar refractivity (Wildman–Crippen MR) is 44.7 cm³/mol. The number of allylic oxidation sites excluding steroid dienone is 1. The summed E-state index contributed by atoms with van der Waals surface area (Å²) in [6.07, 6.45) is 6.17. The number of hydrazine groups is 1. The quantitative estimate of drug-likeness (QED) is 0.558. The lowest BCUT2D eigenvalue weighted by atomic mass is 9.95. The van der Waals surface area contributed by atoms with E-state index in [0.29, 0.717) is 6.54 Å². The minimum atomic E-state index is -0.190. The molecule has 0 aliphatic carbocycles. The molecule has 0 aromatic heterocycles. The summed E-state index contributed by atoms with van der Waals surface area (Å²) in [5, 5.41) is 2.00. The first kappa shape index (κ1) is 7.61. The Bertz CT molecular complexity index is 226. The van der Waals surface area contributed by atoms with Gasteiger partial charge in [-0.1, -0.05) is 6.08 Å². The zero-order valence-electron chi connectivity index (χ0n) is 6.86. The third-order valence-corrected chi connectivity index (χ3v) is 2.58. The number of nitrogens with zero attached hydrogens (tertiary/aromatic N) is 1. The largest absolute Gasteiger partial charge is 0.369 e. The molecule has 0 aromatic carbocycles. The summed E-state index contributed by atoms with van der Waals surface area (Å²) in [4.78, 5) is 11.0. The van der Waals surface area contributed by atoms with Crippen molar-refractivity contribution >= 4 is 5.91 Å². The Morgan fingerprint density at radius 2 is 2.50 bits per heavy atom. The van der Waals surface area contributed by atoms with E-state index in [1.54, 1.807) is 0 Å². The van der Waals surface area contributed by atoms with E-state index in [4.69, 9.17) is 5.73 Å². The Morgan fingerprint density at radius 1 is 1.67 bits per heavy atom. The van der Waals surface area contributed by atoms with Crippen molar-refractivity contribution in [3.8, 4) is 0 Å². The molecule has 1 saturated heterocycles. The van der Waals surface area contributed by atoms with E-state index in [1.165, 1.54) is 0 Å². The number of nitrogens with two attached hydrogens (primary N) is 1. The van der Waals surface area contributed by atoms with Crippen LogP contribution in [0.4, 0.5) is 0 Å². The third-order valence-electron chi connectivity index (χ3n) is 2.58. The van der Waals surface area contributed by atoms with E-state index in [1.807, 2.05) is 11.2 Å². The topological polar surface area (TPSA) is 58.4 Å². The van der Waals surface area contributed by atoms with Crippen molar-refractivity contribution in [2.45, 2.75) is 18.9 Å². The molecule has 2 aliphatic heterocycles. The van der Waals surface area contributed by atoms with Crippen LogP contribution in [-0.4, -0.2) is 23.5 Å². The summed E-state index contributed by atoms with van der Waals surface area (Å²) >= 11 is 0. The van der Waals surface area contributed by atoms with Gasteiger partial charge in [0, 0.05) is 12.7 Å². The summed E-state index contributed by atoms with van der Waals surface area (Å²) in [7, 11) is 0. The Hall–Kier alpha value is -1.03. The highest BCUT2D eigenvalue weighted by atomic mass is 16.1. The fourth-order valence-corrected chi connectivity index (χ4v) is 1.90. The number of hydrogen-bond acceptors (Lipinski definition) is 3. The van der Waals surface area contributed by atoms with Gasteiger partial charge in [-0.2, -0.15) is 0 Å². The minimum Gasteiger partial charge on any atom is -0.369 e. The Morgan fingerprint density at radius 3 is 3.25 bits per heavy atom.